The lowest BCUT2D eigenvalue weighted by Gasteiger charge is -1.97. The molecule has 0 spiro atoms. The summed E-state index contributed by atoms with van der Waals surface area (Å²) in [7, 11) is 0. The molecule has 0 aliphatic rings. The maximum Gasteiger partial charge on any atom is 0.137 e. The van der Waals surface area contributed by atoms with Gasteiger partial charge in [-0.05, 0) is 24.5 Å². The van der Waals surface area contributed by atoms with E-state index in [2.05, 4.69) is 18.8 Å². The molecular weight excluding hydrogens is 176 g/mol. The molecule has 0 radical (unpaired) electrons. The number of nitrogens with zero attached hydrogens (tertiary/aromatic N) is 2. The molecule has 0 unspecified atom stereocenters. The Bertz CT molecular complexity index is 445. The second kappa shape index (κ2) is 3.33. The van der Waals surface area contributed by atoms with Gasteiger partial charge >= 0.3 is 0 Å². The lowest BCUT2D eigenvalue weighted by molar-refractivity contribution is 0.472. The highest BCUT2D eigenvalue weighted by Crippen LogP contribution is 2.13. The molecule has 2 heterocycles. The predicted octanol–water partition coefficient (Wildman–Crippen LogP) is 2.24. The van der Waals surface area contributed by atoms with E-state index in [0.717, 1.165) is 17.8 Å². The molecule has 0 aliphatic carbocycles. The zero-order valence-electron chi connectivity index (χ0n) is 8.44. The van der Waals surface area contributed by atoms with Crippen LogP contribution in [0.1, 0.15) is 19.5 Å². The fourth-order valence-electron chi connectivity index (χ4n) is 1.55. The molecule has 2 aromatic heterocycles. The molecule has 3 nitrogen and oxygen atoms in total. The van der Waals surface area contributed by atoms with Gasteiger partial charge in [0.15, 0.2) is 0 Å². The van der Waals surface area contributed by atoms with Gasteiger partial charge in [0.05, 0.1) is 11.9 Å². The summed E-state index contributed by atoms with van der Waals surface area (Å²) in [4.78, 5) is 4.45. The van der Waals surface area contributed by atoms with E-state index in [1.807, 2.05) is 16.7 Å². The second-order valence-electron chi connectivity index (χ2n) is 3.98. The SMILES string of the molecule is CC(C)Cc1cn2cc(O)ccc2n1. The lowest BCUT2D eigenvalue weighted by Crippen LogP contribution is -1.93. The van der Waals surface area contributed by atoms with Crippen LogP contribution < -0.4 is 0 Å². The third-order valence-electron chi connectivity index (χ3n) is 2.10. The van der Waals surface area contributed by atoms with Gasteiger partial charge in [0.1, 0.15) is 11.4 Å². The van der Waals surface area contributed by atoms with Gasteiger partial charge in [0, 0.05) is 6.20 Å². The Balaban J connectivity index is 2.41. The summed E-state index contributed by atoms with van der Waals surface area (Å²) in [5.41, 5.74) is 1.96. The van der Waals surface area contributed by atoms with Crippen LogP contribution >= 0.6 is 0 Å². The highest BCUT2D eigenvalue weighted by molar-refractivity contribution is 5.42. The van der Waals surface area contributed by atoms with Crippen LogP contribution in [0.2, 0.25) is 0 Å². The van der Waals surface area contributed by atoms with Crippen LogP contribution in [-0.2, 0) is 6.42 Å². The van der Waals surface area contributed by atoms with Crippen LogP contribution in [0.15, 0.2) is 24.5 Å². The highest BCUT2D eigenvalue weighted by atomic mass is 16.3. The van der Waals surface area contributed by atoms with E-state index in [9.17, 15) is 5.11 Å². The molecule has 0 aliphatic heterocycles. The molecule has 14 heavy (non-hydrogen) atoms. The van der Waals surface area contributed by atoms with Gasteiger partial charge in [0.2, 0.25) is 0 Å². The Morgan fingerprint density at radius 2 is 2.14 bits per heavy atom. The Hall–Kier alpha value is -1.51. The van der Waals surface area contributed by atoms with Gasteiger partial charge in [-0.25, -0.2) is 4.98 Å². The molecule has 0 saturated carbocycles. The van der Waals surface area contributed by atoms with E-state index in [1.54, 1.807) is 12.3 Å². The zero-order chi connectivity index (χ0) is 10.1. The van der Waals surface area contributed by atoms with Crippen molar-refractivity contribution >= 4 is 5.65 Å². The van der Waals surface area contributed by atoms with Gasteiger partial charge in [0.25, 0.3) is 0 Å². The van der Waals surface area contributed by atoms with Crippen molar-refractivity contribution in [1.82, 2.24) is 9.38 Å². The molecular formula is C11H14N2O. The summed E-state index contributed by atoms with van der Waals surface area (Å²) in [5, 5.41) is 9.27. The molecule has 3 heteroatoms. The summed E-state index contributed by atoms with van der Waals surface area (Å²) >= 11 is 0. The topological polar surface area (TPSA) is 37.5 Å². The molecule has 74 valence electrons. The van der Waals surface area contributed by atoms with Crippen molar-refractivity contribution < 1.29 is 5.11 Å². The van der Waals surface area contributed by atoms with Crippen molar-refractivity contribution in [2.45, 2.75) is 20.3 Å². The number of rotatable bonds is 2. The monoisotopic (exact) mass is 190 g/mol. The van der Waals surface area contributed by atoms with E-state index in [4.69, 9.17) is 0 Å². The molecule has 2 rings (SSSR count). The maximum absolute atomic E-state index is 9.27. The van der Waals surface area contributed by atoms with Crippen molar-refractivity contribution in [2.24, 2.45) is 5.92 Å². The van der Waals surface area contributed by atoms with Crippen LogP contribution in [0.25, 0.3) is 5.65 Å². The number of fused-ring (bicyclic) bond motifs is 1. The average molecular weight is 190 g/mol. The van der Waals surface area contributed by atoms with E-state index < -0.39 is 0 Å². The van der Waals surface area contributed by atoms with Gasteiger partial charge < -0.3 is 9.51 Å². The number of imidazole rings is 1. The third kappa shape index (κ3) is 1.71. The van der Waals surface area contributed by atoms with Crippen molar-refractivity contribution in [3.8, 4) is 5.75 Å². The van der Waals surface area contributed by atoms with E-state index in [0.29, 0.717) is 5.92 Å². The molecule has 0 bridgehead atoms. The Kier molecular flexibility index (Phi) is 2.15. The number of aromatic hydroxyl groups is 1. The van der Waals surface area contributed by atoms with Crippen LogP contribution in [-0.4, -0.2) is 14.5 Å². The lowest BCUT2D eigenvalue weighted by atomic mass is 10.1. The first-order valence-corrected chi connectivity index (χ1v) is 4.82. The van der Waals surface area contributed by atoms with Crippen LogP contribution in [0.3, 0.4) is 0 Å². The maximum atomic E-state index is 9.27. The number of pyridine rings is 1. The Labute approximate surface area is 83.0 Å². The van der Waals surface area contributed by atoms with Crippen molar-refractivity contribution in [2.75, 3.05) is 0 Å². The normalized spacial score (nSPS) is 11.4. The fourth-order valence-corrected chi connectivity index (χ4v) is 1.55. The van der Waals surface area contributed by atoms with Gasteiger partial charge in [-0.2, -0.15) is 0 Å². The standard InChI is InChI=1S/C11H14N2O/c1-8(2)5-9-6-13-7-10(14)3-4-11(13)12-9/h3-4,6-8,14H,5H2,1-2H3. The molecule has 2 aromatic rings. The molecule has 0 aromatic carbocycles. The van der Waals surface area contributed by atoms with Crippen LogP contribution in [0.4, 0.5) is 0 Å². The third-order valence-corrected chi connectivity index (χ3v) is 2.10. The summed E-state index contributed by atoms with van der Waals surface area (Å²) in [6, 6.07) is 3.47. The highest BCUT2D eigenvalue weighted by Gasteiger charge is 2.03. The van der Waals surface area contributed by atoms with Crippen molar-refractivity contribution in [1.29, 1.82) is 0 Å². The minimum Gasteiger partial charge on any atom is -0.506 e. The first kappa shape index (κ1) is 9.06. The number of aromatic nitrogens is 2. The quantitative estimate of drug-likeness (QED) is 0.788. The minimum absolute atomic E-state index is 0.269. The first-order valence-electron chi connectivity index (χ1n) is 4.82. The number of hydrogen-bond acceptors (Lipinski definition) is 2. The van der Waals surface area contributed by atoms with Crippen LogP contribution in [0, 0.1) is 5.92 Å². The molecule has 0 amide bonds. The largest absolute Gasteiger partial charge is 0.506 e. The summed E-state index contributed by atoms with van der Waals surface area (Å²) in [6.45, 7) is 4.34. The summed E-state index contributed by atoms with van der Waals surface area (Å²) < 4.78 is 1.85. The first-order chi connectivity index (χ1) is 6.65. The van der Waals surface area contributed by atoms with Crippen LogP contribution in [0.5, 0.6) is 5.75 Å². The zero-order valence-corrected chi connectivity index (χ0v) is 8.44. The Morgan fingerprint density at radius 3 is 2.86 bits per heavy atom. The van der Waals surface area contributed by atoms with Crippen molar-refractivity contribution in [3.63, 3.8) is 0 Å². The minimum atomic E-state index is 0.269. The van der Waals surface area contributed by atoms with E-state index >= 15 is 0 Å². The summed E-state index contributed by atoms with van der Waals surface area (Å²) in [5.74, 6) is 0.875. The van der Waals surface area contributed by atoms with Gasteiger partial charge in [-0.15, -0.1) is 0 Å². The molecule has 0 saturated heterocycles. The van der Waals surface area contributed by atoms with Gasteiger partial charge in [-0.3, -0.25) is 0 Å². The molecule has 0 fully saturated rings. The van der Waals surface area contributed by atoms with Gasteiger partial charge in [-0.1, -0.05) is 13.8 Å². The fraction of sp³-hybridized carbons (Fsp3) is 0.364. The predicted molar refractivity (Wildman–Crippen MR) is 55.4 cm³/mol. The molecule has 0 atom stereocenters. The second-order valence-corrected chi connectivity index (χ2v) is 3.98. The average Bonchev–Trinajstić information content (AvgIpc) is 2.44. The number of hydrogen-bond donors (Lipinski definition) is 1. The molecule has 1 N–H and O–H groups in total. The van der Waals surface area contributed by atoms with E-state index in [1.165, 1.54) is 0 Å². The summed E-state index contributed by atoms with van der Waals surface area (Å²) in [6.07, 6.45) is 4.61. The smallest absolute Gasteiger partial charge is 0.137 e. The van der Waals surface area contributed by atoms with Crippen molar-refractivity contribution in [3.05, 3.63) is 30.2 Å². The Morgan fingerprint density at radius 1 is 1.36 bits per heavy atom. The van der Waals surface area contributed by atoms with E-state index in [-0.39, 0.29) is 5.75 Å².